The second kappa shape index (κ2) is 8.53. The van der Waals surface area contributed by atoms with Crippen LogP contribution in [-0.4, -0.2) is 25.9 Å². The van der Waals surface area contributed by atoms with Crippen LogP contribution in [0.5, 0.6) is 0 Å². The van der Waals surface area contributed by atoms with Gasteiger partial charge in [-0.05, 0) is 24.1 Å². The van der Waals surface area contributed by atoms with E-state index in [4.69, 9.17) is 0 Å². The number of hydrogen-bond acceptors (Lipinski definition) is 5. The normalized spacial score (nSPS) is 10.8. The van der Waals surface area contributed by atoms with Gasteiger partial charge >= 0.3 is 0 Å². The molecular weight excluding hydrogens is 334 g/mol. The molecule has 0 aliphatic rings. The van der Waals surface area contributed by atoms with Crippen molar-refractivity contribution in [2.24, 2.45) is 0 Å². The molecule has 0 aliphatic heterocycles. The highest BCUT2D eigenvalue weighted by Crippen LogP contribution is 2.18. The molecule has 0 saturated heterocycles. The smallest absolute Gasteiger partial charge is 0.230 e. The van der Waals surface area contributed by atoms with E-state index in [9.17, 15) is 4.79 Å². The lowest BCUT2D eigenvalue weighted by atomic mass is 10.2. The Morgan fingerprint density at radius 2 is 2.04 bits per heavy atom. The standard InChI is InChI=1S/C18H21N5OS/c1-2-3-5-10-17-21-22-18(25-17)20-16(24)11-14-12-19-23(13-14)15-8-6-4-7-9-15/h4,6-9,12-13H,2-3,5,10-11H2,1H3,(H,20,22,24). The van der Waals surface area contributed by atoms with E-state index in [1.807, 2.05) is 36.5 Å². The summed E-state index contributed by atoms with van der Waals surface area (Å²) in [5, 5.41) is 16.8. The van der Waals surface area contributed by atoms with Gasteiger partial charge in [0, 0.05) is 12.6 Å². The number of amides is 1. The van der Waals surface area contributed by atoms with Crippen molar-refractivity contribution in [2.45, 2.75) is 39.0 Å². The molecule has 25 heavy (non-hydrogen) atoms. The summed E-state index contributed by atoms with van der Waals surface area (Å²) in [4.78, 5) is 12.2. The van der Waals surface area contributed by atoms with Crippen molar-refractivity contribution in [2.75, 3.05) is 5.32 Å². The fourth-order valence-corrected chi connectivity index (χ4v) is 3.25. The molecule has 2 heterocycles. The summed E-state index contributed by atoms with van der Waals surface area (Å²) in [5.41, 5.74) is 1.82. The number of benzene rings is 1. The minimum atomic E-state index is -0.108. The summed E-state index contributed by atoms with van der Waals surface area (Å²) in [5.74, 6) is -0.108. The molecule has 0 fully saturated rings. The molecule has 6 nitrogen and oxygen atoms in total. The van der Waals surface area contributed by atoms with Crippen LogP contribution in [0.25, 0.3) is 5.69 Å². The zero-order valence-corrected chi connectivity index (χ0v) is 15.0. The number of nitrogens with one attached hydrogen (secondary N) is 1. The molecule has 0 spiro atoms. The van der Waals surface area contributed by atoms with Crippen LogP contribution in [0.1, 0.15) is 36.8 Å². The van der Waals surface area contributed by atoms with Gasteiger partial charge in [-0.1, -0.05) is 49.3 Å². The van der Waals surface area contributed by atoms with Gasteiger partial charge in [0.1, 0.15) is 5.01 Å². The molecule has 1 aromatic carbocycles. The highest BCUT2D eigenvalue weighted by molar-refractivity contribution is 7.15. The van der Waals surface area contributed by atoms with Gasteiger partial charge in [-0.15, -0.1) is 10.2 Å². The first-order valence-corrected chi connectivity index (χ1v) is 9.27. The van der Waals surface area contributed by atoms with Crippen molar-refractivity contribution < 1.29 is 4.79 Å². The second-order valence-electron chi connectivity index (χ2n) is 5.81. The number of hydrogen-bond donors (Lipinski definition) is 1. The second-order valence-corrected chi connectivity index (χ2v) is 6.87. The number of nitrogens with zero attached hydrogens (tertiary/aromatic N) is 4. The largest absolute Gasteiger partial charge is 0.300 e. The molecule has 0 saturated carbocycles. The number of anilines is 1. The zero-order chi connectivity index (χ0) is 17.5. The molecule has 1 amide bonds. The van der Waals surface area contributed by atoms with Crippen LogP contribution >= 0.6 is 11.3 Å². The molecule has 3 aromatic rings. The topological polar surface area (TPSA) is 72.7 Å². The van der Waals surface area contributed by atoms with Crippen molar-refractivity contribution in [3.05, 3.63) is 53.3 Å². The summed E-state index contributed by atoms with van der Waals surface area (Å²) < 4.78 is 1.76. The number of unbranched alkanes of at least 4 members (excludes halogenated alkanes) is 2. The van der Waals surface area contributed by atoms with Crippen molar-refractivity contribution in [3.8, 4) is 5.69 Å². The molecule has 0 bridgehead atoms. The number of para-hydroxylation sites is 1. The SMILES string of the molecule is CCCCCc1nnc(NC(=O)Cc2cnn(-c3ccccc3)c2)s1. The van der Waals surface area contributed by atoms with E-state index in [0.717, 1.165) is 29.1 Å². The van der Waals surface area contributed by atoms with Crippen LogP contribution < -0.4 is 5.32 Å². The van der Waals surface area contributed by atoms with Crippen molar-refractivity contribution in [1.82, 2.24) is 20.0 Å². The first-order valence-electron chi connectivity index (χ1n) is 8.46. The number of aromatic nitrogens is 4. The molecule has 0 radical (unpaired) electrons. The quantitative estimate of drug-likeness (QED) is 0.626. The fourth-order valence-electron chi connectivity index (χ4n) is 2.45. The Balaban J connectivity index is 1.54. The summed E-state index contributed by atoms with van der Waals surface area (Å²) in [6.07, 6.45) is 8.24. The van der Waals surface area contributed by atoms with Gasteiger partial charge in [-0.3, -0.25) is 4.79 Å². The van der Waals surface area contributed by atoms with Crippen molar-refractivity contribution in [3.63, 3.8) is 0 Å². The predicted molar refractivity (Wildman–Crippen MR) is 99.0 cm³/mol. The predicted octanol–water partition coefficient (Wildman–Crippen LogP) is 3.64. The Morgan fingerprint density at radius 1 is 1.20 bits per heavy atom. The minimum absolute atomic E-state index is 0.108. The molecule has 130 valence electrons. The Hall–Kier alpha value is -2.54. The number of carbonyl (C=O) groups excluding carboxylic acids is 1. The third-order valence-electron chi connectivity index (χ3n) is 3.73. The molecule has 3 rings (SSSR count). The lowest BCUT2D eigenvalue weighted by Gasteiger charge is -2.00. The Morgan fingerprint density at radius 3 is 2.84 bits per heavy atom. The van der Waals surface area contributed by atoms with Crippen LogP contribution in [0.15, 0.2) is 42.7 Å². The van der Waals surface area contributed by atoms with Gasteiger partial charge in [0.2, 0.25) is 11.0 Å². The van der Waals surface area contributed by atoms with Gasteiger partial charge in [0.15, 0.2) is 0 Å². The summed E-state index contributed by atoms with van der Waals surface area (Å²) in [7, 11) is 0. The molecule has 0 aliphatic carbocycles. The number of carbonyl (C=O) groups is 1. The fraction of sp³-hybridized carbons (Fsp3) is 0.333. The number of rotatable bonds is 8. The van der Waals surface area contributed by atoms with Crippen LogP contribution in [0.4, 0.5) is 5.13 Å². The van der Waals surface area contributed by atoms with E-state index < -0.39 is 0 Å². The van der Waals surface area contributed by atoms with Crippen LogP contribution in [0, 0.1) is 0 Å². The molecule has 1 N–H and O–H groups in total. The van der Waals surface area contributed by atoms with Gasteiger partial charge < -0.3 is 5.32 Å². The minimum Gasteiger partial charge on any atom is -0.300 e. The number of aryl methyl sites for hydroxylation is 1. The van der Waals surface area contributed by atoms with E-state index in [-0.39, 0.29) is 12.3 Å². The summed E-state index contributed by atoms with van der Waals surface area (Å²) >= 11 is 1.45. The Kier molecular flexibility index (Phi) is 5.90. The first-order chi connectivity index (χ1) is 12.2. The molecule has 0 atom stereocenters. The van der Waals surface area contributed by atoms with Gasteiger partial charge in [0.25, 0.3) is 0 Å². The van der Waals surface area contributed by atoms with E-state index in [2.05, 4.69) is 27.5 Å². The zero-order valence-electron chi connectivity index (χ0n) is 14.2. The van der Waals surface area contributed by atoms with E-state index in [0.29, 0.717) is 5.13 Å². The molecule has 2 aromatic heterocycles. The lowest BCUT2D eigenvalue weighted by molar-refractivity contribution is -0.115. The van der Waals surface area contributed by atoms with Gasteiger partial charge in [0.05, 0.1) is 18.3 Å². The average Bonchev–Trinajstić information content (AvgIpc) is 3.26. The maximum atomic E-state index is 12.2. The van der Waals surface area contributed by atoms with Gasteiger partial charge in [-0.25, -0.2) is 4.68 Å². The third kappa shape index (κ3) is 4.96. The maximum absolute atomic E-state index is 12.2. The maximum Gasteiger partial charge on any atom is 0.230 e. The molecule has 0 unspecified atom stereocenters. The highest BCUT2D eigenvalue weighted by Gasteiger charge is 2.10. The van der Waals surface area contributed by atoms with Gasteiger partial charge in [-0.2, -0.15) is 5.10 Å². The van der Waals surface area contributed by atoms with Crippen molar-refractivity contribution >= 4 is 22.4 Å². The summed E-state index contributed by atoms with van der Waals surface area (Å²) in [6.45, 7) is 2.17. The van der Waals surface area contributed by atoms with E-state index in [1.165, 1.54) is 24.2 Å². The van der Waals surface area contributed by atoms with Crippen molar-refractivity contribution in [1.29, 1.82) is 0 Å². The lowest BCUT2D eigenvalue weighted by Crippen LogP contribution is -2.13. The Labute approximate surface area is 150 Å². The third-order valence-corrected chi connectivity index (χ3v) is 4.63. The van der Waals surface area contributed by atoms with E-state index >= 15 is 0 Å². The molecule has 7 heteroatoms. The monoisotopic (exact) mass is 355 g/mol. The highest BCUT2D eigenvalue weighted by atomic mass is 32.1. The van der Waals surface area contributed by atoms with Crippen LogP contribution in [0.2, 0.25) is 0 Å². The molecular formula is C18H21N5OS. The Bertz CT molecular complexity index is 812. The van der Waals surface area contributed by atoms with Crippen LogP contribution in [0.3, 0.4) is 0 Å². The van der Waals surface area contributed by atoms with Crippen LogP contribution in [-0.2, 0) is 17.6 Å². The van der Waals surface area contributed by atoms with E-state index in [1.54, 1.807) is 10.9 Å². The first kappa shape index (κ1) is 17.3. The average molecular weight is 355 g/mol. The summed E-state index contributed by atoms with van der Waals surface area (Å²) in [6, 6.07) is 9.81.